The van der Waals surface area contributed by atoms with E-state index < -0.39 is 49.0 Å². The topological polar surface area (TPSA) is 46.5 Å². The SMILES string of the molecule is O=C(O)CCC(F)(OC(F)(F)C(F)(F)C(F)(F)F)C(F)(F)F. The van der Waals surface area contributed by atoms with E-state index in [0.29, 0.717) is 0 Å². The Morgan fingerprint density at radius 3 is 1.50 bits per heavy atom. The highest BCUT2D eigenvalue weighted by molar-refractivity contribution is 5.66. The summed E-state index contributed by atoms with van der Waals surface area (Å²) in [6.07, 6.45) is -24.8. The van der Waals surface area contributed by atoms with Gasteiger partial charge in [-0.25, -0.2) is 4.39 Å². The van der Waals surface area contributed by atoms with Gasteiger partial charge in [0.15, 0.2) is 0 Å². The summed E-state index contributed by atoms with van der Waals surface area (Å²) in [6, 6.07) is 0. The van der Waals surface area contributed by atoms with Gasteiger partial charge in [0.2, 0.25) is 0 Å². The van der Waals surface area contributed by atoms with Crippen molar-refractivity contribution in [3.63, 3.8) is 0 Å². The van der Waals surface area contributed by atoms with E-state index in [1.54, 1.807) is 0 Å². The minimum Gasteiger partial charge on any atom is -0.481 e. The van der Waals surface area contributed by atoms with Gasteiger partial charge < -0.3 is 5.11 Å². The predicted octanol–water partition coefficient (Wildman–Crippen LogP) is 3.89. The second-order valence-corrected chi connectivity index (χ2v) is 3.81. The van der Waals surface area contributed by atoms with Gasteiger partial charge in [-0.2, -0.15) is 43.9 Å². The third-order valence-electron chi connectivity index (χ3n) is 2.10. The first-order valence-corrected chi connectivity index (χ1v) is 4.87. The Labute approximate surface area is 113 Å². The van der Waals surface area contributed by atoms with Crippen molar-refractivity contribution in [3.05, 3.63) is 0 Å². The first-order valence-electron chi connectivity index (χ1n) is 4.87. The highest BCUT2D eigenvalue weighted by Crippen LogP contribution is 2.51. The van der Waals surface area contributed by atoms with Crippen molar-refractivity contribution in [1.29, 1.82) is 0 Å². The average Bonchev–Trinajstić information content (AvgIpc) is 2.22. The molecule has 0 spiro atoms. The first kappa shape index (κ1) is 20.7. The quantitative estimate of drug-likeness (QED) is 0.733. The summed E-state index contributed by atoms with van der Waals surface area (Å²) in [6.45, 7) is 0. The summed E-state index contributed by atoms with van der Waals surface area (Å²) >= 11 is 0. The molecule has 0 radical (unpaired) electrons. The molecule has 0 aromatic rings. The minimum atomic E-state index is -7.15. The molecular weight excluding hydrogens is 353 g/mol. The fraction of sp³-hybridized carbons (Fsp3) is 0.875. The van der Waals surface area contributed by atoms with E-state index in [2.05, 4.69) is 4.74 Å². The lowest BCUT2D eigenvalue weighted by Crippen LogP contribution is -2.59. The summed E-state index contributed by atoms with van der Waals surface area (Å²) in [4.78, 5) is 9.99. The maximum absolute atomic E-state index is 13.3. The highest BCUT2D eigenvalue weighted by atomic mass is 19.4. The van der Waals surface area contributed by atoms with Crippen LogP contribution in [0.4, 0.5) is 48.3 Å². The Balaban J connectivity index is 5.61. The van der Waals surface area contributed by atoms with Gasteiger partial charge in [0.05, 0.1) is 6.42 Å². The monoisotopic (exact) mass is 358 g/mol. The molecule has 3 nitrogen and oxygen atoms in total. The zero-order valence-corrected chi connectivity index (χ0v) is 9.84. The lowest BCUT2D eigenvalue weighted by atomic mass is 10.1. The van der Waals surface area contributed by atoms with Crippen LogP contribution in [0.25, 0.3) is 0 Å². The summed E-state index contributed by atoms with van der Waals surface area (Å²) < 4.78 is 137. The smallest absolute Gasteiger partial charge is 0.462 e. The molecule has 1 unspecified atom stereocenters. The van der Waals surface area contributed by atoms with Crippen LogP contribution in [0, 0.1) is 0 Å². The van der Waals surface area contributed by atoms with Crippen molar-refractivity contribution in [2.45, 2.75) is 43.1 Å². The number of ether oxygens (including phenoxy) is 1. The van der Waals surface area contributed by atoms with Crippen molar-refractivity contribution in [3.8, 4) is 0 Å². The molecule has 132 valence electrons. The van der Waals surface area contributed by atoms with E-state index in [-0.39, 0.29) is 0 Å². The fourth-order valence-corrected chi connectivity index (χ4v) is 0.951. The van der Waals surface area contributed by atoms with Gasteiger partial charge in [-0.3, -0.25) is 9.53 Å². The molecule has 0 rings (SSSR count). The lowest BCUT2D eigenvalue weighted by molar-refractivity contribution is -0.483. The average molecular weight is 358 g/mol. The van der Waals surface area contributed by atoms with Crippen LogP contribution in [0.3, 0.4) is 0 Å². The van der Waals surface area contributed by atoms with Crippen LogP contribution in [-0.4, -0.2) is 41.3 Å². The predicted molar refractivity (Wildman–Crippen MR) is 43.8 cm³/mol. The molecule has 0 aliphatic carbocycles. The number of alkyl halides is 11. The van der Waals surface area contributed by atoms with Gasteiger partial charge in [-0.05, 0) is 0 Å². The lowest BCUT2D eigenvalue weighted by Gasteiger charge is -2.34. The molecule has 0 aliphatic rings. The Hall–Kier alpha value is -1.34. The van der Waals surface area contributed by atoms with E-state index in [0.717, 1.165) is 0 Å². The number of carboxylic acids is 1. The van der Waals surface area contributed by atoms with E-state index >= 15 is 0 Å². The zero-order chi connectivity index (χ0) is 18.2. The molecule has 0 aromatic heterocycles. The van der Waals surface area contributed by atoms with Gasteiger partial charge >= 0.3 is 36.2 Å². The van der Waals surface area contributed by atoms with Crippen molar-refractivity contribution < 1.29 is 62.9 Å². The highest BCUT2D eigenvalue weighted by Gasteiger charge is 2.78. The van der Waals surface area contributed by atoms with Crippen LogP contribution < -0.4 is 0 Å². The molecule has 0 aliphatic heterocycles. The molecule has 0 bridgehead atoms. The molecule has 1 atom stereocenters. The minimum absolute atomic E-state index is 1.83. The van der Waals surface area contributed by atoms with Gasteiger partial charge in [-0.15, -0.1) is 0 Å². The number of carboxylic acid groups (broad SMARTS) is 1. The largest absolute Gasteiger partial charge is 0.481 e. The van der Waals surface area contributed by atoms with Crippen LogP contribution in [0.2, 0.25) is 0 Å². The Morgan fingerprint density at radius 2 is 1.23 bits per heavy atom. The standard InChI is InChI=1S/C8H5F11O3/c9-4(6(12,13)14,2-1-3(20)21)22-8(18,19)5(10,11)7(15,16)17/h1-2H2,(H,20,21). The molecule has 0 fully saturated rings. The summed E-state index contributed by atoms with van der Waals surface area (Å²) in [5.41, 5.74) is 0. The molecule has 1 N–H and O–H groups in total. The van der Waals surface area contributed by atoms with Gasteiger partial charge in [0, 0.05) is 6.42 Å². The van der Waals surface area contributed by atoms with E-state index in [1.807, 2.05) is 0 Å². The van der Waals surface area contributed by atoms with E-state index in [4.69, 9.17) is 5.11 Å². The van der Waals surface area contributed by atoms with Crippen molar-refractivity contribution >= 4 is 5.97 Å². The van der Waals surface area contributed by atoms with Gasteiger partial charge in [0.25, 0.3) is 0 Å². The molecule has 14 heteroatoms. The first-order chi connectivity index (χ1) is 9.37. The number of rotatable bonds is 6. The molecular formula is C8H5F11O3. The molecule has 0 saturated carbocycles. The zero-order valence-electron chi connectivity index (χ0n) is 9.84. The van der Waals surface area contributed by atoms with Crippen LogP contribution in [0.1, 0.15) is 12.8 Å². The number of halogens is 11. The molecule has 22 heavy (non-hydrogen) atoms. The Bertz CT molecular complexity index is 413. The number of hydrogen-bond donors (Lipinski definition) is 1. The van der Waals surface area contributed by atoms with Crippen LogP contribution in [-0.2, 0) is 9.53 Å². The molecule has 0 heterocycles. The van der Waals surface area contributed by atoms with Crippen LogP contribution in [0.5, 0.6) is 0 Å². The van der Waals surface area contributed by atoms with Crippen molar-refractivity contribution in [2.24, 2.45) is 0 Å². The fourth-order valence-electron chi connectivity index (χ4n) is 0.951. The maximum Gasteiger partial charge on any atom is 0.462 e. The van der Waals surface area contributed by atoms with Crippen LogP contribution in [0.15, 0.2) is 0 Å². The van der Waals surface area contributed by atoms with Crippen molar-refractivity contribution in [1.82, 2.24) is 0 Å². The third-order valence-corrected chi connectivity index (χ3v) is 2.10. The molecule has 0 aromatic carbocycles. The van der Waals surface area contributed by atoms with E-state index in [9.17, 15) is 53.1 Å². The molecule has 0 amide bonds. The van der Waals surface area contributed by atoms with Gasteiger partial charge in [-0.1, -0.05) is 0 Å². The van der Waals surface area contributed by atoms with Crippen molar-refractivity contribution in [2.75, 3.05) is 0 Å². The van der Waals surface area contributed by atoms with Gasteiger partial charge in [0.1, 0.15) is 0 Å². The summed E-state index contributed by atoms with van der Waals surface area (Å²) in [5.74, 6) is -15.0. The third kappa shape index (κ3) is 4.10. The maximum atomic E-state index is 13.3. The Morgan fingerprint density at radius 1 is 0.818 bits per heavy atom. The number of carbonyl (C=O) groups is 1. The number of aliphatic carboxylic acids is 1. The number of hydrogen-bond acceptors (Lipinski definition) is 2. The van der Waals surface area contributed by atoms with E-state index in [1.165, 1.54) is 0 Å². The summed E-state index contributed by atoms with van der Waals surface area (Å²) in [5, 5.41) is 8.02. The molecule has 0 saturated heterocycles. The second-order valence-electron chi connectivity index (χ2n) is 3.81. The summed E-state index contributed by atoms with van der Waals surface area (Å²) in [7, 11) is 0. The Kier molecular flexibility index (Phi) is 5.35. The normalized spacial score (nSPS) is 17.2. The van der Waals surface area contributed by atoms with Crippen LogP contribution >= 0.6 is 0 Å². The second kappa shape index (κ2) is 5.70.